The average molecular weight is 276 g/mol. The summed E-state index contributed by atoms with van der Waals surface area (Å²) in [6.45, 7) is 4.40. The lowest BCUT2D eigenvalue weighted by Gasteiger charge is -2.34. The van der Waals surface area contributed by atoms with Crippen molar-refractivity contribution >= 4 is 12.0 Å². The average Bonchev–Trinajstić information content (AvgIpc) is 2.53. The molecule has 5 heteroatoms. The van der Waals surface area contributed by atoms with E-state index in [0.717, 1.165) is 5.56 Å². The molecule has 1 aliphatic rings. The minimum atomic E-state index is -0.308. The summed E-state index contributed by atoms with van der Waals surface area (Å²) in [5.74, 6) is 0.141. The van der Waals surface area contributed by atoms with Gasteiger partial charge in [0.05, 0.1) is 0 Å². The van der Waals surface area contributed by atoms with Crippen molar-refractivity contribution < 1.29 is 14.3 Å². The molecule has 5 nitrogen and oxygen atoms in total. The van der Waals surface area contributed by atoms with Gasteiger partial charge < -0.3 is 14.5 Å². The van der Waals surface area contributed by atoms with Gasteiger partial charge in [0.1, 0.15) is 6.61 Å². The molecular formula is C15H20N2O3. The van der Waals surface area contributed by atoms with E-state index in [2.05, 4.69) is 0 Å². The fraction of sp³-hybridized carbons (Fsp3) is 0.467. The number of rotatable bonds is 3. The second kappa shape index (κ2) is 6.93. The molecule has 20 heavy (non-hydrogen) atoms. The standard InChI is InChI=1S/C15H20N2O3/c1-2-14(18)16-8-10-17(11-9-16)15(19)20-12-13-6-4-3-5-7-13/h3-7H,2,8-12H2,1H3. The highest BCUT2D eigenvalue weighted by Gasteiger charge is 2.24. The molecule has 0 aromatic heterocycles. The zero-order chi connectivity index (χ0) is 14.4. The van der Waals surface area contributed by atoms with E-state index in [1.807, 2.05) is 37.3 Å². The first-order valence-corrected chi connectivity index (χ1v) is 6.94. The highest BCUT2D eigenvalue weighted by Crippen LogP contribution is 2.07. The van der Waals surface area contributed by atoms with Gasteiger partial charge in [-0.15, -0.1) is 0 Å². The van der Waals surface area contributed by atoms with Crippen molar-refractivity contribution in [3.8, 4) is 0 Å². The molecule has 2 rings (SSSR count). The van der Waals surface area contributed by atoms with Gasteiger partial charge in [0.25, 0.3) is 0 Å². The Kier molecular flexibility index (Phi) is 4.98. The molecular weight excluding hydrogens is 256 g/mol. The van der Waals surface area contributed by atoms with Crippen LogP contribution < -0.4 is 0 Å². The summed E-state index contributed by atoms with van der Waals surface area (Å²) in [4.78, 5) is 26.9. The quantitative estimate of drug-likeness (QED) is 0.847. The van der Waals surface area contributed by atoms with Gasteiger partial charge >= 0.3 is 6.09 Å². The van der Waals surface area contributed by atoms with Crippen LogP contribution in [0.15, 0.2) is 30.3 Å². The van der Waals surface area contributed by atoms with Crippen LogP contribution in [0.25, 0.3) is 0 Å². The molecule has 0 unspecified atom stereocenters. The summed E-state index contributed by atoms with van der Waals surface area (Å²) < 4.78 is 5.27. The van der Waals surface area contributed by atoms with Gasteiger partial charge in [0.2, 0.25) is 5.91 Å². The van der Waals surface area contributed by atoms with Crippen LogP contribution in [0.2, 0.25) is 0 Å². The highest BCUT2D eigenvalue weighted by molar-refractivity contribution is 5.76. The fourth-order valence-corrected chi connectivity index (χ4v) is 2.17. The zero-order valence-corrected chi connectivity index (χ0v) is 11.7. The van der Waals surface area contributed by atoms with Crippen LogP contribution >= 0.6 is 0 Å². The van der Waals surface area contributed by atoms with Gasteiger partial charge in [-0.2, -0.15) is 0 Å². The molecule has 0 radical (unpaired) electrons. The largest absolute Gasteiger partial charge is 0.445 e. The normalized spacial score (nSPS) is 15.1. The number of nitrogens with zero attached hydrogens (tertiary/aromatic N) is 2. The van der Waals surface area contributed by atoms with Crippen molar-refractivity contribution in [1.29, 1.82) is 0 Å². The zero-order valence-electron chi connectivity index (χ0n) is 11.7. The second-order valence-electron chi connectivity index (χ2n) is 4.76. The predicted octanol–water partition coefficient (Wildman–Crippen LogP) is 1.88. The fourth-order valence-electron chi connectivity index (χ4n) is 2.17. The first-order chi connectivity index (χ1) is 9.70. The summed E-state index contributed by atoms with van der Waals surface area (Å²) in [7, 11) is 0. The lowest BCUT2D eigenvalue weighted by molar-refractivity contribution is -0.132. The van der Waals surface area contributed by atoms with Crippen LogP contribution in [-0.4, -0.2) is 48.0 Å². The van der Waals surface area contributed by atoms with Gasteiger partial charge in [-0.25, -0.2) is 4.79 Å². The Hall–Kier alpha value is -2.04. The number of hydrogen-bond acceptors (Lipinski definition) is 3. The number of carbonyl (C=O) groups excluding carboxylic acids is 2. The molecule has 108 valence electrons. The van der Waals surface area contributed by atoms with Crippen LogP contribution in [0.4, 0.5) is 4.79 Å². The van der Waals surface area contributed by atoms with Gasteiger partial charge in [-0.1, -0.05) is 37.3 Å². The molecule has 1 heterocycles. The molecule has 1 aromatic carbocycles. The summed E-state index contributed by atoms with van der Waals surface area (Å²) in [5, 5.41) is 0. The number of benzene rings is 1. The minimum Gasteiger partial charge on any atom is -0.445 e. The monoisotopic (exact) mass is 276 g/mol. The van der Waals surface area contributed by atoms with Crippen LogP contribution in [-0.2, 0) is 16.1 Å². The first kappa shape index (κ1) is 14.4. The Bertz CT molecular complexity index is 453. The van der Waals surface area contributed by atoms with Crippen LogP contribution in [0, 0.1) is 0 Å². The maximum absolute atomic E-state index is 11.9. The highest BCUT2D eigenvalue weighted by atomic mass is 16.6. The van der Waals surface area contributed by atoms with Gasteiger partial charge in [0.15, 0.2) is 0 Å². The Balaban J connectivity index is 1.76. The SMILES string of the molecule is CCC(=O)N1CCN(C(=O)OCc2ccccc2)CC1. The molecule has 1 fully saturated rings. The topological polar surface area (TPSA) is 49.9 Å². The van der Waals surface area contributed by atoms with Crippen molar-refractivity contribution in [2.45, 2.75) is 20.0 Å². The maximum Gasteiger partial charge on any atom is 0.410 e. The summed E-state index contributed by atoms with van der Waals surface area (Å²) >= 11 is 0. The molecule has 1 aromatic rings. The molecule has 2 amide bonds. The summed E-state index contributed by atoms with van der Waals surface area (Å²) in [6, 6.07) is 9.60. The smallest absolute Gasteiger partial charge is 0.410 e. The predicted molar refractivity (Wildman–Crippen MR) is 75.1 cm³/mol. The molecule has 0 N–H and O–H groups in total. The Labute approximate surface area is 119 Å². The van der Waals surface area contributed by atoms with Crippen molar-refractivity contribution in [1.82, 2.24) is 9.80 Å². The lowest BCUT2D eigenvalue weighted by Crippen LogP contribution is -2.50. The van der Waals surface area contributed by atoms with E-state index in [4.69, 9.17) is 4.74 Å². The molecule has 1 saturated heterocycles. The Morgan fingerprint density at radius 3 is 2.25 bits per heavy atom. The first-order valence-electron chi connectivity index (χ1n) is 6.94. The number of hydrogen-bond donors (Lipinski definition) is 0. The van der Waals surface area contributed by atoms with E-state index in [1.165, 1.54) is 0 Å². The van der Waals surface area contributed by atoms with E-state index in [9.17, 15) is 9.59 Å². The molecule has 0 spiro atoms. The molecule has 0 saturated carbocycles. The van der Waals surface area contributed by atoms with Gasteiger partial charge in [-0.3, -0.25) is 4.79 Å². The van der Waals surface area contributed by atoms with E-state index in [0.29, 0.717) is 32.6 Å². The van der Waals surface area contributed by atoms with Crippen molar-refractivity contribution in [3.05, 3.63) is 35.9 Å². The van der Waals surface area contributed by atoms with Gasteiger partial charge in [0, 0.05) is 32.6 Å². The van der Waals surface area contributed by atoms with Crippen LogP contribution in [0.1, 0.15) is 18.9 Å². The third kappa shape index (κ3) is 3.73. The Morgan fingerprint density at radius 1 is 1.05 bits per heavy atom. The molecule has 0 bridgehead atoms. The van der Waals surface area contributed by atoms with Crippen LogP contribution in [0.3, 0.4) is 0 Å². The minimum absolute atomic E-state index is 0.141. The lowest BCUT2D eigenvalue weighted by atomic mass is 10.2. The van der Waals surface area contributed by atoms with Crippen molar-refractivity contribution in [3.63, 3.8) is 0 Å². The molecule has 0 atom stereocenters. The summed E-state index contributed by atoms with van der Waals surface area (Å²) in [5.41, 5.74) is 0.973. The van der Waals surface area contributed by atoms with Crippen molar-refractivity contribution in [2.75, 3.05) is 26.2 Å². The van der Waals surface area contributed by atoms with Crippen molar-refractivity contribution in [2.24, 2.45) is 0 Å². The van der Waals surface area contributed by atoms with Crippen LogP contribution in [0.5, 0.6) is 0 Å². The van der Waals surface area contributed by atoms with Gasteiger partial charge in [-0.05, 0) is 5.56 Å². The summed E-state index contributed by atoms with van der Waals surface area (Å²) in [6.07, 6.45) is 0.204. The molecule has 0 aliphatic carbocycles. The van der Waals surface area contributed by atoms with E-state index < -0.39 is 0 Å². The Morgan fingerprint density at radius 2 is 1.65 bits per heavy atom. The number of carbonyl (C=O) groups is 2. The third-order valence-electron chi connectivity index (χ3n) is 3.40. The number of amides is 2. The van der Waals surface area contributed by atoms with E-state index >= 15 is 0 Å². The second-order valence-corrected chi connectivity index (χ2v) is 4.76. The maximum atomic E-state index is 11.9. The molecule has 1 aliphatic heterocycles. The number of ether oxygens (including phenoxy) is 1. The van der Waals surface area contributed by atoms with E-state index in [-0.39, 0.29) is 18.6 Å². The third-order valence-corrected chi connectivity index (χ3v) is 3.40. The number of piperazine rings is 1. The van der Waals surface area contributed by atoms with E-state index in [1.54, 1.807) is 9.80 Å².